The van der Waals surface area contributed by atoms with Crippen molar-refractivity contribution in [3.8, 4) is 0 Å². The van der Waals surface area contributed by atoms with Crippen molar-refractivity contribution in [3.05, 3.63) is 63.5 Å². The van der Waals surface area contributed by atoms with Gasteiger partial charge in [0.2, 0.25) is 5.91 Å². The molecule has 1 atom stereocenters. The number of hydrogen-bond acceptors (Lipinski definition) is 6. The number of aryl methyl sites for hydroxylation is 1. The van der Waals surface area contributed by atoms with E-state index in [1.54, 1.807) is 6.92 Å². The van der Waals surface area contributed by atoms with Gasteiger partial charge in [-0.15, -0.1) is 0 Å². The first kappa shape index (κ1) is 19.9. The van der Waals surface area contributed by atoms with Gasteiger partial charge in [0, 0.05) is 29.4 Å². The summed E-state index contributed by atoms with van der Waals surface area (Å²) in [5.74, 6) is -3.51. The maximum absolute atomic E-state index is 13.4. The number of fused-ring (bicyclic) bond motifs is 1. The van der Waals surface area contributed by atoms with Crippen LogP contribution in [0.3, 0.4) is 0 Å². The van der Waals surface area contributed by atoms with Crippen LogP contribution in [0.25, 0.3) is 0 Å². The lowest BCUT2D eigenvalue weighted by molar-refractivity contribution is -0.385. The molecule has 0 bridgehead atoms. The first-order chi connectivity index (χ1) is 13.7. The molecule has 9 nitrogen and oxygen atoms in total. The van der Waals surface area contributed by atoms with E-state index in [9.17, 15) is 28.9 Å². The molecule has 10 heteroatoms. The molecule has 29 heavy (non-hydrogen) atoms. The zero-order valence-electron chi connectivity index (χ0n) is 15.2. The van der Waals surface area contributed by atoms with Crippen LogP contribution in [0.1, 0.15) is 23.5 Å². The molecule has 0 fully saturated rings. The van der Waals surface area contributed by atoms with Gasteiger partial charge in [-0.3, -0.25) is 24.5 Å². The standard InChI is InChI=1S/C19H16FN3O6/c1-10-2-4-12(7-16(10)23(27)28)21-18(25)9-29-19(26)14-8-17(24)22-15-6-11(20)3-5-13(14)15/h2-7,14H,8-9H2,1H3,(H,21,25)(H,22,24). The highest BCUT2D eigenvalue weighted by Crippen LogP contribution is 2.33. The van der Waals surface area contributed by atoms with Crippen molar-refractivity contribution < 1.29 is 28.4 Å². The van der Waals surface area contributed by atoms with E-state index in [2.05, 4.69) is 10.6 Å². The van der Waals surface area contributed by atoms with E-state index in [-0.39, 0.29) is 23.5 Å². The molecule has 150 valence electrons. The minimum Gasteiger partial charge on any atom is -0.455 e. The number of benzene rings is 2. The Morgan fingerprint density at radius 3 is 2.79 bits per heavy atom. The lowest BCUT2D eigenvalue weighted by Crippen LogP contribution is -2.30. The van der Waals surface area contributed by atoms with Crippen molar-refractivity contribution in [2.75, 3.05) is 17.2 Å². The summed E-state index contributed by atoms with van der Waals surface area (Å²) in [5.41, 5.74) is 1.04. The van der Waals surface area contributed by atoms with Crippen LogP contribution in [0.4, 0.5) is 21.5 Å². The van der Waals surface area contributed by atoms with Gasteiger partial charge in [-0.25, -0.2) is 4.39 Å². The number of nitrogens with zero attached hydrogens (tertiary/aromatic N) is 1. The monoisotopic (exact) mass is 401 g/mol. The number of ether oxygens (including phenoxy) is 1. The molecule has 0 aliphatic carbocycles. The SMILES string of the molecule is Cc1ccc(NC(=O)COC(=O)C2CC(=O)Nc3cc(F)ccc32)cc1[N+](=O)[O-]. The molecule has 1 heterocycles. The number of nitro benzene ring substituents is 1. The number of nitro groups is 1. The summed E-state index contributed by atoms with van der Waals surface area (Å²) >= 11 is 0. The topological polar surface area (TPSA) is 128 Å². The van der Waals surface area contributed by atoms with E-state index in [1.807, 2.05) is 0 Å². The van der Waals surface area contributed by atoms with Crippen LogP contribution in [0.15, 0.2) is 36.4 Å². The van der Waals surface area contributed by atoms with E-state index in [0.717, 1.165) is 12.1 Å². The minimum absolute atomic E-state index is 0.156. The Morgan fingerprint density at radius 1 is 1.31 bits per heavy atom. The van der Waals surface area contributed by atoms with Crippen molar-refractivity contribution in [2.45, 2.75) is 19.3 Å². The molecule has 2 aromatic rings. The van der Waals surface area contributed by atoms with Crippen LogP contribution in [0.5, 0.6) is 0 Å². The fourth-order valence-electron chi connectivity index (χ4n) is 2.97. The molecule has 1 aliphatic heterocycles. The Labute approximate surface area is 164 Å². The smallest absolute Gasteiger partial charge is 0.314 e. The van der Waals surface area contributed by atoms with E-state index in [1.165, 1.54) is 24.3 Å². The van der Waals surface area contributed by atoms with Crippen molar-refractivity contribution >= 4 is 34.8 Å². The van der Waals surface area contributed by atoms with Crippen LogP contribution >= 0.6 is 0 Å². The van der Waals surface area contributed by atoms with E-state index < -0.39 is 41.0 Å². The number of esters is 1. The molecule has 2 aromatic carbocycles. The summed E-state index contributed by atoms with van der Waals surface area (Å²) in [5, 5.41) is 15.9. The van der Waals surface area contributed by atoms with Crippen LogP contribution in [-0.2, 0) is 19.1 Å². The molecule has 0 aromatic heterocycles. The lowest BCUT2D eigenvalue weighted by atomic mass is 9.90. The number of carbonyl (C=O) groups excluding carboxylic acids is 3. The molecule has 2 N–H and O–H groups in total. The van der Waals surface area contributed by atoms with Gasteiger partial charge in [0.1, 0.15) is 5.82 Å². The van der Waals surface area contributed by atoms with Gasteiger partial charge in [-0.1, -0.05) is 12.1 Å². The molecule has 0 saturated heterocycles. The zero-order chi connectivity index (χ0) is 21.1. The molecule has 1 aliphatic rings. The molecular weight excluding hydrogens is 385 g/mol. The number of halogens is 1. The summed E-state index contributed by atoms with van der Waals surface area (Å²) in [4.78, 5) is 46.6. The summed E-state index contributed by atoms with van der Waals surface area (Å²) in [6.07, 6.45) is -0.191. The van der Waals surface area contributed by atoms with Gasteiger partial charge in [0.25, 0.3) is 11.6 Å². The number of carbonyl (C=O) groups is 3. The van der Waals surface area contributed by atoms with Gasteiger partial charge < -0.3 is 15.4 Å². The predicted octanol–water partition coefficient (Wildman–Crippen LogP) is 2.65. The van der Waals surface area contributed by atoms with Crippen molar-refractivity contribution in [3.63, 3.8) is 0 Å². The van der Waals surface area contributed by atoms with Gasteiger partial charge in [-0.05, 0) is 30.7 Å². The summed E-state index contributed by atoms with van der Waals surface area (Å²) in [6.45, 7) is 0.921. The third-order valence-corrected chi connectivity index (χ3v) is 4.37. The van der Waals surface area contributed by atoms with Gasteiger partial charge >= 0.3 is 5.97 Å². The second kappa shape index (κ2) is 8.05. The third kappa shape index (κ3) is 4.54. The van der Waals surface area contributed by atoms with Crippen molar-refractivity contribution in [1.82, 2.24) is 0 Å². The highest BCUT2D eigenvalue weighted by Gasteiger charge is 2.32. The second-order valence-corrected chi connectivity index (χ2v) is 6.45. The maximum Gasteiger partial charge on any atom is 0.314 e. The minimum atomic E-state index is -0.965. The first-order valence-electron chi connectivity index (χ1n) is 8.55. The number of rotatable bonds is 5. The Bertz CT molecular complexity index is 1020. The van der Waals surface area contributed by atoms with Crippen molar-refractivity contribution in [1.29, 1.82) is 0 Å². The molecular formula is C19H16FN3O6. The average Bonchev–Trinajstić information content (AvgIpc) is 2.66. The van der Waals surface area contributed by atoms with Gasteiger partial charge in [0.05, 0.1) is 10.8 Å². The summed E-state index contributed by atoms with van der Waals surface area (Å²) < 4.78 is 18.3. The highest BCUT2D eigenvalue weighted by atomic mass is 19.1. The van der Waals surface area contributed by atoms with Crippen LogP contribution in [-0.4, -0.2) is 29.3 Å². The average molecular weight is 401 g/mol. The molecule has 2 amide bonds. The zero-order valence-corrected chi connectivity index (χ0v) is 15.2. The number of hydrogen-bond donors (Lipinski definition) is 2. The molecule has 0 radical (unpaired) electrons. The molecule has 0 spiro atoms. The Morgan fingerprint density at radius 2 is 2.07 bits per heavy atom. The van der Waals surface area contributed by atoms with Crippen LogP contribution in [0, 0.1) is 22.9 Å². The Kier molecular flexibility index (Phi) is 5.53. The second-order valence-electron chi connectivity index (χ2n) is 6.45. The third-order valence-electron chi connectivity index (χ3n) is 4.37. The van der Waals surface area contributed by atoms with E-state index >= 15 is 0 Å². The molecule has 1 unspecified atom stereocenters. The summed E-state index contributed by atoms with van der Waals surface area (Å²) in [7, 11) is 0. The quantitative estimate of drug-likeness (QED) is 0.450. The van der Waals surface area contributed by atoms with Crippen LogP contribution in [0.2, 0.25) is 0 Å². The highest BCUT2D eigenvalue weighted by molar-refractivity contribution is 6.00. The lowest BCUT2D eigenvalue weighted by Gasteiger charge is -2.24. The van der Waals surface area contributed by atoms with Crippen molar-refractivity contribution in [2.24, 2.45) is 0 Å². The Hall–Kier alpha value is -3.82. The van der Waals surface area contributed by atoms with Gasteiger partial charge in [0.15, 0.2) is 6.61 Å². The first-order valence-corrected chi connectivity index (χ1v) is 8.55. The largest absolute Gasteiger partial charge is 0.455 e. The maximum atomic E-state index is 13.4. The Balaban J connectivity index is 1.64. The molecule has 0 saturated carbocycles. The van der Waals surface area contributed by atoms with Crippen LogP contribution < -0.4 is 10.6 Å². The number of anilines is 2. The predicted molar refractivity (Wildman–Crippen MR) is 99.8 cm³/mol. The fourth-order valence-corrected chi connectivity index (χ4v) is 2.97. The van der Waals surface area contributed by atoms with E-state index in [0.29, 0.717) is 11.1 Å². The number of nitrogens with one attached hydrogen (secondary N) is 2. The normalized spacial score (nSPS) is 15.1. The number of amides is 2. The summed E-state index contributed by atoms with van der Waals surface area (Å²) in [6, 6.07) is 7.80. The van der Waals surface area contributed by atoms with Gasteiger partial charge in [-0.2, -0.15) is 0 Å². The fraction of sp³-hybridized carbons (Fsp3) is 0.211. The van der Waals surface area contributed by atoms with E-state index in [4.69, 9.17) is 4.74 Å². The molecule has 3 rings (SSSR count).